The normalized spacial score (nSPS) is 10.5. The van der Waals surface area contributed by atoms with Crippen molar-refractivity contribution in [3.63, 3.8) is 0 Å². The van der Waals surface area contributed by atoms with E-state index in [9.17, 15) is 18.0 Å². The van der Waals surface area contributed by atoms with Crippen molar-refractivity contribution < 1.29 is 27.4 Å². The highest BCUT2D eigenvalue weighted by molar-refractivity contribution is 6.43. The van der Waals surface area contributed by atoms with Gasteiger partial charge in [-0.1, -0.05) is 29.3 Å². The Kier molecular flexibility index (Phi) is 4.83. The summed E-state index contributed by atoms with van der Waals surface area (Å²) in [6.07, 6.45) is 0. The predicted octanol–water partition coefficient (Wildman–Crippen LogP) is 4.64. The third-order valence-electron chi connectivity index (χ3n) is 2.66. The van der Waals surface area contributed by atoms with Gasteiger partial charge in [0, 0.05) is 0 Å². The Labute approximate surface area is 133 Å². The van der Waals surface area contributed by atoms with Crippen LogP contribution in [0.1, 0.15) is 10.4 Å². The maximum atomic E-state index is 14.0. The fourth-order valence-corrected chi connectivity index (χ4v) is 1.96. The molecule has 0 aliphatic carbocycles. The van der Waals surface area contributed by atoms with Crippen molar-refractivity contribution in [3.8, 4) is 11.5 Å². The smallest absolute Gasteiger partial charge is 0.346 e. The second-order valence-corrected chi connectivity index (χ2v) is 4.79. The van der Waals surface area contributed by atoms with E-state index in [1.165, 1.54) is 18.2 Å². The summed E-state index contributed by atoms with van der Waals surface area (Å²) in [6.45, 7) is 0. The van der Waals surface area contributed by atoms with E-state index >= 15 is 0 Å². The van der Waals surface area contributed by atoms with Crippen molar-refractivity contribution in [1.29, 1.82) is 0 Å². The summed E-state index contributed by atoms with van der Waals surface area (Å²) in [5.74, 6) is -6.84. The molecule has 0 N–H and O–H groups in total. The van der Waals surface area contributed by atoms with E-state index in [0.29, 0.717) is 6.07 Å². The number of methoxy groups -OCH3 is 1. The Bertz CT molecular complexity index is 751. The highest BCUT2D eigenvalue weighted by Gasteiger charge is 2.25. The molecule has 0 aromatic heterocycles. The summed E-state index contributed by atoms with van der Waals surface area (Å²) in [5.41, 5.74) is -0.841. The number of esters is 1. The molecule has 0 aliphatic heterocycles. The van der Waals surface area contributed by atoms with Crippen molar-refractivity contribution in [3.05, 3.63) is 57.3 Å². The number of halogens is 5. The minimum Gasteiger partial charge on any atom is -0.491 e. The Balaban J connectivity index is 2.42. The van der Waals surface area contributed by atoms with E-state index in [2.05, 4.69) is 4.74 Å². The van der Waals surface area contributed by atoms with Crippen molar-refractivity contribution >= 4 is 29.2 Å². The van der Waals surface area contributed by atoms with E-state index in [-0.39, 0.29) is 15.8 Å². The van der Waals surface area contributed by atoms with Gasteiger partial charge in [0.2, 0.25) is 5.82 Å². The Morgan fingerprint density at radius 2 is 1.82 bits per heavy atom. The van der Waals surface area contributed by atoms with Crippen LogP contribution < -0.4 is 9.47 Å². The Hall–Kier alpha value is -1.92. The van der Waals surface area contributed by atoms with Crippen molar-refractivity contribution in [2.75, 3.05) is 7.11 Å². The molecule has 0 atom stereocenters. The Morgan fingerprint density at radius 3 is 2.45 bits per heavy atom. The summed E-state index contributed by atoms with van der Waals surface area (Å²) in [5, 5.41) is 0.0304. The first kappa shape index (κ1) is 16.5. The van der Waals surface area contributed by atoms with Crippen LogP contribution in [-0.4, -0.2) is 13.1 Å². The van der Waals surface area contributed by atoms with Gasteiger partial charge in [-0.05, 0) is 18.2 Å². The third-order valence-corrected chi connectivity index (χ3v) is 3.46. The largest absolute Gasteiger partial charge is 0.491 e. The monoisotopic (exact) mass is 350 g/mol. The summed E-state index contributed by atoms with van der Waals surface area (Å²) in [6, 6.07) is 4.57. The lowest BCUT2D eigenvalue weighted by molar-refractivity contribution is 0.0728. The lowest BCUT2D eigenvalue weighted by Gasteiger charge is -2.10. The fraction of sp³-hybridized carbons (Fsp3) is 0.0714. The Morgan fingerprint density at radius 1 is 1.14 bits per heavy atom. The van der Waals surface area contributed by atoms with Gasteiger partial charge in [0.1, 0.15) is 10.6 Å². The van der Waals surface area contributed by atoms with Crippen LogP contribution in [-0.2, 0) is 0 Å². The highest BCUT2D eigenvalue weighted by Crippen LogP contribution is 2.33. The minimum absolute atomic E-state index is 0.0764. The average molecular weight is 351 g/mol. The predicted molar refractivity (Wildman–Crippen MR) is 74.3 cm³/mol. The molecule has 0 fully saturated rings. The molecular formula is C14H7Cl2F3O3. The number of rotatable bonds is 3. The van der Waals surface area contributed by atoms with E-state index in [1.807, 2.05) is 0 Å². The van der Waals surface area contributed by atoms with Crippen molar-refractivity contribution in [2.45, 2.75) is 0 Å². The maximum Gasteiger partial charge on any atom is 0.346 e. The number of carbonyl (C=O) groups excluding carboxylic acids is 1. The number of hydrogen-bond acceptors (Lipinski definition) is 3. The molecule has 22 heavy (non-hydrogen) atoms. The second kappa shape index (κ2) is 6.46. The van der Waals surface area contributed by atoms with Crippen LogP contribution in [0.4, 0.5) is 13.2 Å². The second-order valence-electron chi connectivity index (χ2n) is 4.01. The number of ether oxygens (including phenoxy) is 2. The lowest BCUT2D eigenvalue weighted by Crippen LogP contribution is -2.13. The van der Waals surface area contributed by atoms with Gasteiger partial charge in [0.25, 0.3) is 0 Å². The van der Waals surface area contributed by atoms with E-state index in [0.717, 1.165) is 7.11 Å². The first-order valence-electron chi connectivity index (χ1n) is 5.74. The molecule has 0 bridgehead atoms. The molecular weight excluding hydrogens is 344 g/mol. The molecule has 0 radical (unpaired) electrons. The summed E-state index contributed by atoms with van der Waals surface area (Å²) >= 11 is 11.6. The highest BCUT2D eigenvalue weighted by atomic mass is 35.5. The summed E-state index contributed by atoms with van der Waals surface area (Å²) in [7, 11) is 0.934. The van der Waals surface area contributed by atoms with E-state index in [1.54, 1.807) is 0 Å². The molecule has 2 aromatic carbocycles. The van der Waals surface area contributed by atoms with Gasteiger partial charge < -0.3 is 9.47 Å². The standard InChI is InChI=1S/C14H7Cl2F3O3/c1-21-13-11(18)6(5-8(17)12(13)19)14(20)22-9-4-2-3-7(15)10(9)16/h2-5H,1H3. The molecule has 3 nitrogen and oxygen atoms in total. The van der Waals surface area contributed by atoms with Gasteiger partial charge >= 0.3 is 5.97 Å². The molecule has 116 valence electrons. The third kappa shape index (κ3) is 2.98. The fourth-order valence-electron chi connectivity index (χ4n) is 1.63. The summed E-state index contributed by atoms with van der Waals surface area (Å²) < 4.78 is 49.9. The SMILES string of the molecule is COc1c(F)c(F)cc(C(=O)Oc2cccc(Cl)c2Cl)c1F. The molecule has 0 saturated carbocycles. The van der Waals surface area contributed by atoms with E-state index < -0.39 is 34.7 Å². The topological polar surface area (TPSA) is 35.5 Å². The molecule has 0 heterocycles. The quantitative estimate of drug-likeness (QED) is 0.459. The van der Waals surface area contributed by atoms with Crippen LogP contribution >= 0.6 is 23.2 Å². The summed E-state index contributed by atoms with van der Waals surface area (Å²) in [4.78, 5) is 11.9. The molecule has 2 aromatic rings. The zero-order valence-corrected chi connectivity index (χ0v) is 12.4. The lowest BCUT2D eigenvalue weighted by atomic mass is 10.2. The molecule has 8 heteroatoms. The van der Waals surface area contributed by atoms with Gasteiger partial charge in [-0.25, -0.2) is 13.6 Å². The van der Waals surface area contributed by atoms with Crippen LogP contribution in [0.3, 0.4) is 0 Å². The van der Waals surface area contributed by atoms with Crippen LogP contribution in [0.25, 0.3) is 0 Å². The number of carbonyl (C=O) groups is 1. The molecule has 0 amide bonds. The molecule has 2 rings (SSSR count). The van der Waals surface area contributed by atoms with Gasteiger partial charge in [0.05, 0.1) is 12.1 Å². The van der Waals surface area contributed by atoms with Crippen LogP contribution in [0.5, 0.6) is 11.5 Å². The van der Waals surface area contributed by atoms with Crippen LogP contribution in [0.2, 0.25) is 10.0 Å². The van der Waals surface area contributed by atoms with Gasteiger partial charge in [-0.3, -0.25) is 0 Å². The average Bonchev–Trinajstić information content (AvgIpc) is 2.48. The first-order valence-corrected chi connectivity index (χ1v) is 6.50. The molecule has 0 spiro atoms. The van der Waals surface area contributed by atoms with Gasteiger partial charge in [0.15, 0.2) is 23.1 Å². The molecule has 0 unspecified atom stereocenters. The zero-order valence-electron chi connectivity index (χ0n) is 10.9. The molecule has 0 saturated heterocycles. The first-order chi connectivity index (χ1) is 10.4. The van der Waals surface area contributed by atoms with Gasteiger partial charge in [-0.2, -0.15) is 4.39 Å². The zero-order chi connectivity index (χ0) is 16.4. The van der Waals surface area contributed by atoms with Crippen molar-refractivity contribution in [1.82, 2.24) is 0 Å². The van der Waals surface area contributed by atoms with Gasteiger partial charge in [-0.15, -0.1) is 0 Å². The van der Waals surface area contributed by atoms with Crippen LogP contribution in [0.15, 0.2) is 24.3 Å². The van der Waals surface area contributed by atoms with E-state index in [4.69, 9.17) is 27.9 Å². The van der Waals surface area contributed by atoms with Crippen LogP contribution in [0, 0.1) is 17.5 Å². The number of benzene rings is 2. The molecule has 0 aliphatic rings. The number of hydrogen-bond donors (Lipinski definition) is 0. The van der Waals surface area contributed by atoms with Crippen molar-refractivity contribution in [2.24, 2.45) is 0 Å². The maximum absolute atomic E-state index is 14.0. The minimum atomic E-state index is -1.54.